The van der Waals surface area contributed by atoms with E-state index in [0.717, 1.165) is 60.9 Å². The largest absolute Gasteiger partial charge is 0.455 e. The van der Waals surface area contributed by atoms with Gasteiger partial charge in [-0.05, 0) is 92.5 Å². The minimum atomic E-state index is -0.683. The standard InChI is InChI=1S/C55H37NO/c1-4-15-38(16-5-1)39-27-31-43(32-28-39)56(44-33-29-40(30-34-44)46-23-14-24-50-49-22-11-13-26-53(49)57-54(46)50)45-35-36-48-47-21-10-12-25-51(47)55(52(48)37-45,41-17-6-2-7-18-41)42-19-8-3-9-20-42/h1-37H/i27D,28D,31D,32D. The summed E-state index contributed by atoms with van der Waals surface area (Å²) in [5.41, 5.74) is 12.0. The molecule has 0 saturated heterocycles. The Morgan fingerprint density at radius 1 is 0.386 bits per heavy atom. The summed E-state index contributed by atoms with van der Waals surface area (Å²) >= 11 is 0. The third kappa shape index (κ3) is 5.26. The number of fused-ring (bicyclic) bond motifs is 6. The molecule has 9 aromatic carbocycles. The highest BCUT2D eigenvalue weighted by molar-refractivity contribution is 6.09. The molecule has 1 aliphatic carbocycles. The summed E-state index contributed by atoms with van der Waals surface area (Å²) < 4.78 is 44.4. The zero-order chi connectivity index (χ0) is 41.2. The van der Waals surface area contributed by atoms with Crippen LogP contribution in [0.1, 0.15) is 27.7 Å². The molecule has 2 heteroatoms. The average Bonchev–Trinajstić information content (AvgIpc) is 3.85. The summed E-state index contributed by atoms with van der Waals surface area (Å²) in [5.74, 6) is 0. The van der Waals surface area contributed by atoms with E-state index in [9.17, 15) is 5.48 Å². The second-order valence-electron chi connectivity index (χ2n) is 14.5. The zero-order valence-electron chi connectivity index (χ0n) is 34.9. The van der Waals surface area contributed by atoms with E-state index in [1.54, 1.807) is 0 Å². The molecule has 1 aliphatic rings. The molecule has 0 saturated carbocycles. The molecular formula is C55H37NO. The Morgan fingerprint density at radius 3 is 1.70 bits per heavy atom. The highest BCUT2D eigenvalue weighted by Gasteiger charge is 2.46. The molecule has 0 fully saturated rings. The van der Waals surface area contributed by atoms with Gasteiger partial charge in [-0.25, -0.2) is 0 Å². The molecule has 0 N–H and O–H groups in total. The van der Waals surface area contributed by atoms with Crippen molar-refractivity contribution in [2.45, 2.75) is 5.41 Å². The number of para-hydroxylation sites is 2. The first-order chi connectivity index (χ1) is 29.9. The molecule has 0 amide bonds. The number of benzene rings is 9. The van der Waals surface area contributed by atoms with Crippen molar-refractivity contribution in [3.8, 4) is 33.4 Å². The Morgan fingerprint density at radius 2 is 0.965 bits per heavy atom. The van der Waals surface area contributed by atoms with Gasteiger partial charge in [-0.1, -0.05) is 182 Å². The van der Waals surface area contributed by atoms with Gasteiger partial charge < -0.3 is 9.32 Å². The van der Waals surface area contributed by atoms with Crippen molar-refractivity contribution in [2.24, 2.45) is 0 Å². The van der Waals surface area contributed by atoms with Gasteiger partial charge in [0.05, 0.1) is 10.9 Å². The van der Waals surface area contributed by atoms with Crippen molar-refractivity contribution in [1.29, 1.82) is 0 Å². The van der Waals surface area contributed by atoms with Gasteiger partial charge in [0.1, 0.15) is 11.2 Å². The lowest BCUT2D eigenvalue weighted by atomic mass is 9.67. The van der Waals surface area contributed by atoms with Gasteiger partial charge >= 0.3 is 0 Å². The normalized spacial score (nSPS) is 13.7. The van der Waals surface area contributed by atoms with Crippen molar-refractivity contribution in [2.75, 3.05) is 4.90 Å². The van der Waals surface area contributed by atoms with Crippen molar-refractivity contribution < 1.29 is 9.90 Å². The van der Waals surface area contributed by atoms with E-state index in [4.69, 9.17) is 4.42 Å². The quantitative estimate of drug-likeness (QED) is 0.162. The van der Waals surface area contributed by atoms with E-state index < -0.39 is 5.41 Å². The summed E-state index contributed by atoms with van der Waals surface area (Å²) in [6.07, 6.45) is 0. The molecule has 2 nitrogen and oxygen atoms in total. The Balaban J connectivity index is 1.16. The Hall–Kier alpha value is -7.42. The van der Waals surface area contributed by atoms with Crippen molar-refractivity contribution in [1.82, 2.24) is 0 Å². The molecule has 11 rings (SSSR count). The molecule has 0 radical (unpaired) electrons. The molecule has 1 aromatic heterocycles. The third-order valence-corrected chi connectivity index (χ3v) is 11.4. The fraction of sp³-hybridized carbons (Fsp3) is 0.0182. The van der Waals surface area contributed by atoms with Gasteiger partial charge in [0.2, 0.25) is 0 Å². The van der Waals surface area contributed by atoms with Gasteiger partial charge in [-0.3, -0.25) is 0 Å². The molecule has 0 aliphatic heterocycles. The van der Waals surface area contributed by atoms with Crippen LogP contribution in [-0.4, -0.2) is 0 Å². The van der Waals surface area contributed by atoms with E-state index in [0.29, 0.717) is 16.9 Å². The van der Waals surface area contributed by atoms with Gasteiger partial charge in [-0.2, -0.15) is 0 Å². The predicted molar refractivity (Wildman–Crippen MR) is 237 cm³/mol. The van der Waals surface area contributed by atoms with Crippen LogP contribution in [0.4, 0.5) is 17.1 Å². The maximum absolute atomic E-state index is 9.63. The van der Waals surface area contributed by atoms with Crippen LogP contribution < -0.4 is 4.90 Å². The number of hydrogen-bond donors (Lipinski definition) is 0. The summed E-state index contributed by atoms with van der Waals surface area (Å²) in [6, 6.07) is 67.3. The molecule has 0 bridgehead atoms. The number of anilines is 3. The van der Waals surface area contributed by atoms with Crippen LogP contribution >= 0.6 is 0 Å². The summed E-state index contributed by atoms with van der Waals surface area (Å²) in [4.78, 5) is 1.89. The molecular weight excluding hydrogens is 691 g/mol. The van der Waals surface area contributed by atoms with Crippen molar-refractivity contribution in [3.05, 3.63) is 247 Å². The zero-order valence-corrected chi connectivity index (χ0v) is 30.9. The lowest BCUT2D eigenvalue weighted by Gasteiger charge is -2.35. The van der Waals surface area contributed by atoms with Crippen LogP contribution in [0.2, 0.25) is 0 Å². The number of furan rings is 1. The molecule has 0 unspecified atom stereocenters. The average molecular weight is 732 g/mol. The van der Waals surface area contributed by atoms with E-state index in [-0.39, 0.29) is 35.4 Å². The monoisotopic (exact) mass is 731 g/mol. The van der Waals surface area contributed by atoms with Crippen LogP contribution in [-0.2, 0) is 5.41 Å². The van der Waals surface area contributed by atoms with Crippen molar-refractivity contribution >= 4 is 39.0 Å². The van der Waals surface area contributed by atoms with Crippen LogP contribution in [0, 0.1) is 0 Å². The smallest absolute Gasteiger partial charge is 0.143 e. The van der Waals surface area contributed by atoms with E-state index in [2.05, 4.69) is 103 Å². The Bertz CT molecular complexity index is 3220. The topological polar surface area (TPSA) is 16.4 Å². The lowest BCUT2D eigenvalue weighted by molar-refractivity contribution is 0.670. The maximum Gasteiger partial charge on any atom is 0.143 e. The Kier molecular flexibility index (Phi) is 6.81. The van der Waals surface area contributed by atoms with Gasteiger partial charge in [0.15, 0.2) is 0 Å². The second kappa shape index (κ2) is 13.4. The fourth-order valence-corrected chi connectivity index (χ4v) is 8.91. The highest BCUT2D eigenvalue weighted by Crippen LogP contribution is 2.57. The predicted octanol–water partition coefficient (Wildman–Crippen LogP) is 14.8. The summed E-state index contributed by atoms with van der Waals surface area (Å²) in [6.45, 7) is 0. The third-order valence-electron chi connectivity index (χ3n) is 11.4. The molecule has 1 heterocycles. The first-order valence-corrected chi connectivity index (χ1v) is 19.3. The summed E-state index contributed by atoms with van der Waals surface area (Å²) in [5, 5.41) is 2.10. The molecule has 0 spiro atoms. The number of hydrogen-bond acceptors (Lipinski definition) is 2. The van der Waals surface area contributed by atoms with Crippen LogP contribution in [0.3, 0.4) is 0 Å². The fourth-order valence-electron chi connectivity index (χ4n) is 8.91. The van der Waals surface area contributed by atoms with E-state index >= 15 is 0 Å². The minimum Gasteiger partial charge on any atom is -0.455 e. The molecule has 57 heavy (non-hydrogen) atoms. The van der Waals surface area contributed by atoms with E-state index in [1.807, 2.05) is 102 Å². The summed E-state index contributed by atoms with van der Waals surface area (Å²) in [7, 11) is 0. The first kappa shape index (κ1) is 28.9. The van der Waals surface area contributed by atoms with Crippen LogP contribution in [0.5, 0.6) is 0 Å². The van der Waals surface area contributed by atoms with Gasteiger partial charge in [0.25, 0.3) is 0 Å². The minimum absolute atomic E-state index is 0.100. The second-order valence-corrected chi connectivity index (χ2v) is 14.5. The van der Waals surface area contributed by atoms with Crippen LogP contribution in [0.25, 0.3) is 55.3 Å². The highest BCUT2D eigenvalue weighted by atomic mass is 16.3. The number of nitrogens with zero attached hydrogens (tertiary/aromatic N) is 1. The van der Waals surface area contributed by atoms with E-state index in [1.165, 1.54) is 5.56 Å². The molecule has 268 valence electrons. The lowest BCUT2D eigenvalue weighted by Crippen LogP contribution is -2.28. The maximum atomic E-state index is 9.63. The van der Waals surface area contributed by atoms with Crippen LogP contribution in [0.15, 0.2) is 229 Å². The molecule has 0 atom stereocenters. The molecule has 10 aromatic rings. The van der Waals surface area contributed by atoms with Crippen molar-refractivity contribution in [3.63, 3.8) is 0 Å². The van der Waals surface area contributed by atoms with Gasteiger partial charge in [-0.15, -0.1) is 0 Å². The van der Waals surface area contributed by atoms with Gasteiger partial charge in [0, 0.05) is 33.4 Å². The Labute approximate surface area is 338 Å². The number of rotatable bonds is 7. The first-order valence-electron chi connectivity index (χ1n) is 21.3. The SMILES string of the molecule is [2H]c1c([2H])c(N(c2ccc(-c3cccc4c3oc3ccccc34)cc2)c2ccc3c(c2)C(c2ccccc2)(c2ccccc2)c2ccccc2-3)c([2H])c([2H])c1-c1ccccc1.